The van der Waals surface area contributed by atoms with Crippen LogP contribution in [0, 0.1) is 3.57 Å². The molecule has 7 nitrogen and oxygen atoms in total. The standard InChI is InChI=1S/C18H16IN3O4/c1-24-15-6-11(7-16(25-2)18(15)26-3)17(23)13-8-12(19)4-5-14(13)22-10-20-9-21-22/h4-10H,1-3H3. The van der Waals surface area contributed by atoms with Gasteiger partial charge >= 0.3 is 0 Å². The van der Waals surface area contributed by atoms with E-state index in [-0.39, 0.29) is 5.78 Å². The number of aromatic nitrogens is 3. The van der Waals surface area contributed by atoms with Crippen LogP contribution in [0.15, 0.2) is 43.0 Å². The highest BCUT2D eigenvalue weighted by atomic mass is 127. The third kappa shape index (κ3) is 3.36. The summed E-state index contributed by atoms with van der Waals surface area (Å²) in [5, 5.41) is 4.13. The lowest BCUT2D eigenvalue weighted by Crippen LogP contribution is -2.09. The molecule has 0 spiro atoms. The molecule has 134 valence electrons. The Labute approximate surface area is 164 Å². The van der Waals surface area contributed by atoms with Gasteiger partial charge in [-0.2, -0.15) is 5.10 Å². The van der Waals surface area contributed by atoms with Crippen LogP contribution in [0.1, 0.15) is 15.9 Å². The highest BCUT2D eigenvalue weighted by Gasteiger charge is 2.21. The summed E-state index contributed by atoms with van der Waals surface area (Å²) in [4.78, 5) is 17.2. The van der Waals surface area contributed by atoms with Crippen molar-refractivity contribution in [2.24, 2.45) is 0 Å². The van der Waals surface area contributed by atoms with E-state index in [4.69, 9.17) is 14.2 Å². The number of halogens is 1. The van der Waals surface area contributed by atoms with Gasteiger partial charge < -0.3 is 14.2 Å². The van der Waals surface area contributed by atoms with E-state index < -0.39 is 0 Å². The Balaban J connectivity index is 2.15. The van der Waals surface area contributed by atoms with Crippen LogP contribution in [0.4, 0.5) is 0 Å². The van der Waals surface area contributed by atoms with E-state index in [1.165, 1.54) is 27.7 Å². The van der Waals surface area contributed by atoms with E-state index in [0.29, 0.717) is 34.1 Å². The third-order valence-electron chi connectivity index (χ3n) is 3.80. The molecule has 26 heavy (non-hydrogen) atoms. The first kappa shape index (κ1) is 18.2. The molecule has 8 heteroatoms. The maximum atomic E-state index is 13.2. The molecule has 0 aliphatic heterocycles. The van der Waals surface area contributed by atoms with E-state index >= 15 is 0 Å². The Bertz CT molecular complexity index is 917. The molecule has 0 unspecified atom stereocenters. The number of benzene rings is 2. The number of carbonyl (C=O) groups is 1. The van der Waals surface area contributed by atoms with Gasteiger partial charge in [-0.15, -0.1) is 0 Å². The zero-order chi connectivity index (χ0) is 18.7. The summed E-state index contributed by atoms with van der Waals surface area (Å²) >= 11 is 2.17. The van der Waals surface area contributed by atoms with Gasteiger partial charge in [0.05, 0.1) is 27.0 Å². The molecule has 0 bridgehead atoms. The van der Waals surface area contributed by atoms with Crippen LogP contribution in [-0.4, -0.2) is 41.9 Å². The molecule has 0 fully saturated rings. The van der Waals surface area contributed by atoms with E-state index in [9.17, 15) is 4.79 Å². The van der Waals surface area contributed by atoms with Crippen LogP contribution in [0.5, 0.6) is 17.2 Å². The fourth-order valence-corrected chi connectivity index (χ4v) is 3.08. The van der Waals surface area contributed by atoms with Crippen LogP contribution in [0.25, 0.3) is 5.69 Å². The first-order valence-electron chi connectivity index (χ1n) is 7.58. The van der Waals surface area contributed by atoms with Gasteiger partial charge in [0.15, 0.2) is 17.3 Å². The van der Waals surface area contributed by atoms with Gasteiger partial charge in [-0.05, 0) is 52.9 Å². The molecule has 0 radical (unpaired) electrons. The summed E-state index contributed by atoms with van der Waals surface area (Å²) in [7, 11) is 4.54. The van der Waals surface area contributed by atoms with Gasteiger partial charge in [-0.1, -0.05) is 0 Å². The summed E-state index contributed by atoms with van der Waals surface area (Å²) in [6.07, 6.45) is 2.97. The third-order valence-corrected chi connectivity index (χ3v) is 4.47. The Morgan fingerprint density at radius 3 is 2.27 bits per heavy atom. The topological polar surface area (TPSA) is 75.5 Å². The first-order valence-corrected chi connectivity index (χ1v) is 8.66. The number of hydrogen-bond donors (Lipinski definition) is 0. The Hall–Kier alpha value is -2.62. The van der Waals surface area contributed by atoms with E-state index in [0.717, 1.165) is 3.57 Å². The second kappa shape index (κ2) is 7.73. The van der Waals surface area contributed by atoms with Crippen molar-refractivity contribution in [1.29, 1.82) is 0 Å². The van der Waals surface area contributed by atoms with Crippen LogP contribution < -0.4 is 14.2 Å². The number of methoxy groups -OCH3 is 3. The molecule has 0 atom stereocenters. The van der Waals surface area contributed by atoms with Gasteiger partial charge in [-0.3, -0.25) is 4.79 Å². The lowest BCUT2D eigenvalue weighted by atomic mass is 10.0. The average molecular weight is 465 g/mol. The van der Waals surface area contributed by atoms with Gasteiger partial charge in [0, 0.05) is 14.7 Å². The Morgan fingerprint density at radius 1 is 1.04 bits per heavy atom. The average Bonchev–Trinajstić information content (AvgIpc) is 3.20. The Kier molecular flexibility index (Phi) is 5.40. The van der Waals surface area contributed by atoms with Crippen molar-refractivity contribution in [2.75, 3.05) is 21.3 Å². The van der Waals surface area contributed by atoms with Crippen LogP contribution in [0.3, 0.4) is 0 Å². The molecule has 1 aromatic heterocycles. The number of ketones is 1. The minimum absolute atomic E-state index is 0.187. The number of nitrogens with zero attached hydrogens (tertiary/aromatic N) is 3. The minimum Gasteiger partial charge on any atom is -0.493 e. The summed E-state index contributed by atoms with van der Waals surface area (Å²) in [6, 6.07) is 8.82. The van der Waals surface area contributed by atoms with Crippen molar-refractivity contribution < 1.29 is 19.0 Å². The maximum absolute atomic E-state index is 13.2. The molecule has 3 rings (SSSR count). The van der Waals surface area contributed by atoms with E-state index in [1.807, 2.05) is 18.2 Å². The number of hydrogen-bond acceptors (Lipinski definition) is 6. The molecule has 0 saturated carbocycles. The van der Waals surface area contributed by atoms with Crippen LogP contribution in [-0.2, 0) is 0 Å². The lowest BCUT2D eigenvalue weighted by Gasteiger charge is -2.15. The van der Waals surface area contributed by atoms with Crippen molar-refractivity contribution in [3.05, 3.63) is 57.7 Å². The highest BCUT2D eigenvalue weighted by Crippen LogP contribution is 2.39. The van der Waals surface area contributed by atoms with Crippen LogP contribution >= 0.6 is 22.6 Å². The minimum atomic E-state index is -0.187. The van der Waals surface area contributed by atoms with Crippen molar-refractivity contribution >= 4 is 28.4 Å². The number of rotatable bonds is 6. The first-order chi connectivity index (χ1) is 12.6. The summed E-state index contributed by atoms with van der Waals surface area (Å²) < 4.78 is 18.5. The van der Waals surface area contributed by atoms with Gasteiger partial charge in [0.2, 0.25) is 5.75 Å². The molecule has 0 aliphatic rings. The van der Waals surface area contributed by atoms with Crippen molar-refractivity contribution in [2.45, 2.75) is 0 Å². The maximum Gasteiger partial charge on any atom is 0.203 e. The largest absolute Gasteiger partial charge is 0.493 e. The second-order valence-electron chi connectivity index (χ2n) is 5.24. The zero-order valence-electron chi connectivity index (χ0n) is 14.4. The number of carbonyl (C=O) groups excluding carboxylic acids is 1. The predicted octanol–water partition coefficient (Wildman–Crippen LogP) is 3.13. The van der Waals surface area contributed by atoms with E-state index in [2.05, 4.69) is 32.7 Å². The van der Waals surface area contributed by atoms with E-state index in [1.54, 1.807) is 23.1 Å². The van der Waals surface area contributed by atoms with Gasteiger partial charge in [0.1, 0.15) is 12.7 Å². The molecular weight excluding hydrogens is 449 g/mol. The fraction of sp³-hybridized carbons (Fsp3) is 0.167. The lowest BCUT2D eigenvalue weighted by molar-refractivity contribution is 0.103. The smallest absolute Gasteiger partial charge is 0.203 e. The number of ether oxygens (including phenoxy) is 3. The fourth-order valence-electron chi connectivity index (χ4n) is 2.59. The van der Waals surface area contributed by atoms with Crippen molar-refractivity contribution in [3.63, 3.8) is 0 Å². The summed E-state index contributed by atoms with van der Waals surface area (Å²) in [5.41, 5.74) is 1.56. The molecule has 0 N–H and O–H groups in total. The normalized spacial score (nSPS) is 10.5. The summed E-state index contributed by atoms with van der Waals surface area (Å²) in [6.45, 7) is 0. The zero-order valence-corrected chi connectivity index (χ0v) is 16.6. The Morgan fingerprint density at radius 2 is 1.73 bits per heavy atom. The van der Waals surface area contributed by atoms with Crippen molar-refractivity contribution in [1.82, 2.24) is 14.8 Å². The predicted molar refractivity (Wildman–Crippen MR) is 104 cm³/mol. The molecule has 0 aliphatic carbocycles. The van der Waals surface area contributed by atoms with Crippen molar-refractivity contribution in [3.8, 4) is 22.9 Å². The SMILES string of the molecule is COc1cc(C(=O)c2cc(I)ccc2-n2cncn2)cc(OC)c1OC. The van der Waals surface area contributed by atoms with Gasteiger partial charge in [-0.25, -0.2) is 9.67 Å². The highest BCUT2D eigenvalue weighted by molar-refractivity contribution is 14.1. The van der Waals surface area contributed by atoms with Gasteiger partial charge in [0.25, 0.3) is 0 Å². The second-order valence-corrected chi connectivity index (χ2v) is 6.49. The monoisotopic (exact) mass is 465 g/mol. The molecule has 0 amide bonds. The quantitative estimate of drug-likeness (QED) is 0.412. The summed E-state index contributed by atoms with van der Waals surface area (Å²) in [5.74, 6) is 1.09. The molecule has 2 aromatic carbocycles. The molecule has 1 heterocycles. The molecule has 0 saturated heterocycles. The molecular formula is C18H16IN3O4. The van der Waals surface area contributed by atoms with Crippen LogP contribution in [0.2, 0.25) is 0 Å². The molecule has 3 aromatic rings.